The number of fused-ring (bicyclic) bond motifs is 1. The minimum Gasteiger partial charge on any atom is -0.355 e. The van der Waals surface area contributed by atoms with E-state index in [9.17, 15) is 18.0 Å². The number of hydrogen-bond acceptors (Lipinski definition) is 5. The first kappa shape index (κ1) is 23.0. The summed E-state index contributed by atoms with van der Waals surface area (Å²) in [6.45, 7) is 6.21. The Labute approximate surface area is 194 Å². The second kappa shape index (κ2) is 9.35. The van der Waals surface area contributed by atoms with E-state index < -0.39 is 10.0 Å². The first-order valence-electron chi connectivity index (χ1n) is 11.2. The molecule has 0 aromatic heterocycles. The van der Waals surface area contributed by atoms with Gasteiger partial charge in [0.05, 0.1) is 5.92 Å². The lowest BCUT2D eigenvalue weighted by Gasteiger charge is -2.33. The maximum absolute atomic E-state index is 12.9. The van der Waals surface area contributed by atoms with E-state index in [-0.39, 0.29) is 22.6 Å². The standard InChI is InChI=1S/C24H28N4O4S/c1-3-27(4-2)24(30)17-11-13-19(14-12-17)25-23(29)18-8-7-15-28(16-18)22-20-9-5-6-10-21(20)33(31,32)26-22/h5-6,9-14,18H,3-4,7-8,15-16H2,1-2H3,(H,25,29)/t18-/m1/s1. The Bertz CT molecular complexity index is 1190. The summed E-state index contributed by atoms with van der Waals surface area (Å²) in [5.74, 6) is -0.0399. The Hall–Kier alpha value is -3.20. The Morgan fingerprint density at radius 2 is 1.79 bits per heavy atom. The Balaban J connectivity index is 1.43. The lowest BCUT2D eigenvalue weighted by molar-refractivity contribution is -0.121. The van der Waals surface area contributed by atoms with Crippen LogP contribution < -0.4 is 5.32 Å². The van der Waals surface area contributed by atoms with Gasteiger partial charge in [-0.15, -0.1) is 4.40 Å². The number of hydrogen-bond donors (Lipinski definition) is 1. The third-order valence-electron chi connectivity index (χ3n) is 6.15. The van der Waals surface area contributed by atoms with Crippen LogP contribution in [0.5, 0.6) is 0 Å². The summed E-state index contributed by atoms with van der Waals surface area (Å²) in [4.78, 5) is 29.3. The number of nitrogens with one attached hydrogen (secondary N) is 1. The van der Waals surface area contributed by atoms with Gasteiger partial charge in [-0.25, -0.2) is 0 Å². The van der Waals surface area contributed by atoms with Gasteiger partial charge < -0.3 is 15.1 Å². The highest BCUT2D eigenvalue weighted by Crippen LogP contribution is 2.30. The van der Waals surface area contributed by atoms with E-state index in [2.05, 4.69) is 9.71 Å². The fourth-order valence-corrected chi connectivity index (χ4v) is 5.56. The van der Waals surface area contributed by atoms with Crippen LogP contribution in [-0.2, 0) is 14.8 Å². The quantitative estimate of drug-likeness (QED) is 0.727. The number of rotatable bonds is 5. The monoisotopic (exact) mass is 468 g/mol. The third-order valence-corrected chi connectivity index (χ3v) is 7.48. The molecule has 1 N–H and O–H groups in total. The molecule has 0 aliphatic carbocycles. The van der Waals surface area contributed by atoms with E-state index in [1.165, 1.54) is 0 Å². The van der Waals surface area contributed by atoms with Crippen LogP contribution in [0.2, 0.25) is 0 Å². The van der Waals surface area contributed by atoms with Crippen molar-refractivity contribution in [3.63, 3.8) is 0 Å². The molecule has 2 heterocycles. The van der Waals surface area contributed by atoms with E-state index in [0.717, 1.165) is 6.42 Å². The number of sulfonamides is 1. The maximum atomic E-state index is 12.9. The highest BCUT2D eigenvalue weighted by Gasteiger charge is 2.35. The summed E-state index contributed by atoms with van der Waals surface area (Å²) in [7, 11) is -3.70. The highest BCUT2D eigenvalue weighted by atomic mass is 32.2. The molecule has 0 radical (unpaired) electrons. The summed E-state index contributed by atoms with van der Waals surface area (Å²) in [6.07, 6.45) is 1.47. The Kier molecular flexibility index (Phi) is 6.51. The van der Waals surface area contributed by atoms with Crippen LogP contribution in [0.25, 0.3) is 0 Å². The van der Waals surface area contributed by atoms with Crippen molar-refractivity contribution >= 4 is 33.4 Å². The predicted molar refractivity (Wildman–Crippen MR) is 127 cm³/mol. The number of anilines is 1. The van der Waals surface area contributed by atoms with Crippen molar-refractivity contribution in [1.82, 2.24) is 9.80 Å². The van der Waals surface area contributed by atoms with Crippen molar-refractivity contribution in [2.75, 3.05) is 31.5 Å². The summed E-state index contributed by atoms with van der Waals surface area (Å²) in [5, 5.41) is 2.93. The van der Waals surface area contributed by atoms with E-state index in [0.29, 0.717) is 55.2 Å². The molecule has 1 atom stereocenters. The molecule has 8 nitrogen and oxygen atoms in total. The number of carbonyl (C=O) groups is 2. The van der Waals surface area contributed by atoms with Crippen LogP contribution in [-0.4, -0.2) is 62.0 Å². The van der Waals surface area contributed by atoms with Crippen molar-refractivity contribution in [3.8, 4) is 0 Å². The van der Waals surface area contributed by atoms with Crippen LogP contribution >= 0.6 is 0 Å². The molecule has 2 amide bonds. The first-order valence-corrected chi connectivity index (χ1v) is 12.7. The molecule has 1 fully saturated rings. The molecule has 0 saturated carbocycles. The molecule has 2 aromatic rings. The number of nitrogens with zero attached hydrogens (tertiary/aromatic N) is 3. The number of amidine groups is 1. The zero-order valence-corrected chi connectivity index (χ0v) is 19.6. The topological polar surface area (TPSA) is 99.2 Å². The highest BCUT2D eigenvalue weighted by molar-refractivity contribution is 7.90. The summed E-state index contributed by atoms with van der Waals surface area (Å²) in [6, 6.07) is 13.7. The molecule has 2 aliphatic heterocycles. The maximum Gasteiger partial charge on any atom is 0.285 e. The second-order valence-corrected chi connectivity index (χ2v) is 9.79. The summed E-state index contributed by atoms with van der Waals surface area (Å²) < 4.78 is 28.8. The third kappa shape index (κ3) is 4.64. The number of carbonyl (C=O) groups excluding carboxylic acids is 2. The number of likely N-dealkylation sites (tertiary alicyclic amines) is 1. The van der Waals surface area contributed by atoms with Gasteiger partial charge >= 0.3 is 0 Å². The second-order valence-electron chi connectivity index (χ2n) is 8.22. The molecule has 9 heteroatoms. The summed E-state index contributed by atoms with van der Waals surface area (Å²) in [5.41, 5.74) is 1.80. The average molecular weight is 469 g/mol. The zero-order chi connectivity index (χ0) is 23.6. The lowest BCUT2D eigenvalue weighted by atomic mass is 9.96. The zero-order valence-electron chi connectivity index (χ0n) is 18.8. The normalized spacial score (nSPS) is 18.9. The van der Waals surface area contributed by atoms with Gasteiger partial charge in [-0.05, 0) is 63.1 Å². The molecule has 33 heavy (non-hydrogen) atoms. The fourth-order valence-electron chi connectivity index (χ4n) is 4.33. The van der Waals surface area contributed by atoms with Crippen molar-refractivity contribution in [3.05, 3.63) is 59.7 Å². The van der Waals surface area contributed by atoms with E-state index >= 15 is 0 Å². The van der Waals surface area contributed by atoms with E-state index in [4.69, 9.17) is 0 Å². The molecular formula is C24H28N4O4S. The van der Waals surface area contributed by atoms with E-state index in [1.807, 2.05) is 18.7 Å². The fraction of sp³-hybridized carbons (Fsp3) is 0.375. The van der Waals surface area contributed by atoms with E-state index in [1.54, 1.807) is 53.4 Å². The average Bonchev–Trinajstić information content (AvgIpc) is 3.11. The Morgan fingerprint density at radius 1 is 1.09 bits per heavy atom. The molecule has 4 rings (SSSR count). The molecular weight excluding hydrogens is 440 g/mol. The molecule has 0 unspecified atom stereocenters. The SMILES string of the molecule is CCN(CC)C(=O)c1ccc(NC(=O)[C@@H]2CCCN(C3=NS(=O)(=O)c4ccccc43)C2)cc1. The predicted octanol–water partition coefficient (Wildman–Crippen LogP) is 2.97. The molecule has 174 valence electrons. The Morgan fingerprint density at radius 3 is 2.48 bits per heavy atom. The van der Waals surface area contributed by atoms with Crippen LogP contribution in [0.15, 0.2) is 57.8 Å². The molecule has 2 aromatic carbocycles. The number of amides is 2. The summed E-state index contributed by atoms with van der Waals surface area (Å²) >= 11 is 0. The lowest BCUT2D eigenvalue weighted by Crippen LogP contribution is -2.43. The van der Waals surface area contributed by atoms with Crippen molar-refractivity contribution in [2.24, 2.45) is 10.3 Å². The van der Waals surface area contributed by atoms with Gasteiger partial charge in [0.1, 0.15) is 4.90 Å². The molecule has 1 saturated heterocycles. The number of piperidine rings is 1. The minimum atomic E-state index is -3.70. The van der Waals surface area contributed by atoms with Gasteiger partial charge in [-0.2, -0.15) is 8.42 Å². The van der Waals surface area contributed by atoms with Crippen LogP contribution in [0.4, 0.5) is 5.69 Å². The van der Waals surface area contributed by atoms with Crippen molar-refractivity contribution in [1.29, 1.82) is 0 Å². The van der Waals surface area contributed by atoms with Gasteiger partial charge in [0, 0.05) is 43.0 Å². The molecule has 2 aliphatic rings. The minimum absolute atomic E-state index is 0.0339. The largest absolute Gasteiger partial charge is 0.355 e. The van der Waals surface area contributed by atoms with Gasteiger partial charge in [0.15, 0.2) is 5.84 Å². The van der Waals surface area contributed by atoms with Crippen molar-refractivity contribution < 1.29 is 18.0 Å². The van der Waals surface area contributed by atoms with Crippen LogP contribution in [0.1, 0.15) is 42.6 Å². The first-order chi connectivity index (χ1) is 15.8. The van der Waals surface area contributed by atoms with Crippen molar-refractivity contribution in [2.45, 2.75) is 31.6 Å². The van der Waals surface area contributed by atoms with Gasteiger partial charge in [-0.1, -0.05) is 12.1 Å². The molecule has 0 bridgehead atoms. The van der Waals surface area contributed by atoms with Gasteiger partial charge in [0.2, 0.25) is 5.91 Å². The number of benzene rings is 2. The van der Waals surface area contributed by atoms with Gasteiger partial charge in [-0.3, -0.25) is 9.59 Å². The van der Waals surface area contributed by atoms with Crippen LogP contribution in [0.3, 0.4) is 0 Å². The van der Waals surface area contributed by atoms with Gasteiger partial charge in [0.25, 0.3) is 15.9 Å². The molecule has 0 spiro atoms. The van der Waals surface area contributed by atoms with Crippen LogP contribution in [0, 0.1) is 5.92 Å². The smallest absolute Gasteiger partial charge is 0.285 e.